The minimum atomic E-state index is -2.99. The molecule has 1 fully saturated rings. The van der Waals surface area contributed by atoms with Crippen LogP contribution in [-0.4, -0.2) is 43.8 Å². The molecular weight excluding hydrogens is 377 g/mol. The first-order chi connectivity index (χ1) is 8.89. The van der Waals surface area contributed by atoms with E-state index in [1.54, 1.807) is 4.90 Å². The van der Waals surface area contributed by atoms with E-state index in [1.807, 2.05) is 24.3 Å². The van der Waals surface area contributed by atoms with E-state index in [0.29, 0.717) is 31.5 Å². The Morgan fingerprint density at radius 1 is 1.26 bits per heavy atom. The Hall–Kier alpha value is -0.630. The molecular formula is C13H16INO3S. The Morgan fingerprint density at radius 3 is 2.37 bits per heavy atom. The molecule has 0 spiro atoms. The molecule has 0 radical (unpaired) electrons. The number of halogens is 1. The SMILES string of the molecule is CS(=O)(=O)C1CCN(C(=O)c2ccccc2I)CC1. The first-order valence-corrected chi connectivity index (χ1v) is 9.15. The van der Waals surface area contributed by atoms with Crippen molar-refractivity contribution in [1.29, 1.82) is 0 Å². The van der Waals surface area contributed by atoms with Gasteiger partial charge in [0.15, 0.2) is 0 Å². The number of nitrogens with zero attached hydrogens (tertiary/aromatic N) is 1. The van der Waals surface area contributed by atoms with Crippen LogP contribution in [0.4, 0.5) is 0 Å². The number of benzene rings is 1. The fourth-order valence-electron chi connectivity index (χ4n) is 2.29. The van der Waals surface area contributed by atoms with Gasteiger partial charge in [0.2, 0.25) is 0 Å². The number of hydrogen-bond acceptors (Lipinski definition) is 3. The molecule has 6 heteroatoms. The largest absolute Gasteiger partial charge is 0.339 e. The van der Waals surface area contributed by atoms with Crippen LogP contribution >= 0.6 is 22.6 Å². The standard InChI is InChI=1S/C13H16INO3S/c1-19(17,18)10-6-8-15(9-7-10)13(16)11-4-2-3-5-12(11)14/h2-5,10H,6-9H2,1H3. The maximum absolute atomic E-state index is 12.3. The van der Waals surface area contributed by atoms with Crippen molar-refractivity contribution in [2.24, 2.45) is 0 Å². The van der Waals surface area contributed by atoms with Crippen molar-refractivity contribution >= 4 is 38.3 Å². The first kappa shape index (κ1) is 14.8. The van der Waals surface area contributed by atoms with E-state index in [2.05, 4.69) is 22.6 Å². The summed E-state index contributed by atoms with van der Waals surface area (Å²) in [5.74, 6) is -0.00282. The monoisotopic (exact) mass is 393 g/mol. The lowest BCUT2D eigenvalue weighted by molar-refractivity contribution is 0.0724. The zero-order chi connectivity index (χ0) is 14.0. The maximum atomic E-state index is 12.3. The highest BCUT2D eigenvalue weighted by Crippen LogP contribution is 2.20. The average molecular weight is 393 g/mol. The van der Waals surface area contributed by atoms with E-state index in [4.69, 9.17) is 0 Å². The zero-order valence-corrected chi connectivity index (χ0v) is 13.6. The van der Waals surface area contributed by atoms with Crippen molar-refractivity contribution in [1.82, 2.24) is 4.90 Å². The minimum Gasteiger partial charge on any atom is -0.339 e. The van der Waals surface area contributed by atoms with Gasteiger partial charge in [0.25, 0.3) is 5.91 Å². The van der Waals surface area contributed by atoms with Crippen molar-refractivity contribution in [3.63, 3.8) is 0 Å². The number of likely N-dealkylation sites (tertiary alicyclic amines) is 1. The molecule has 0 saturated carbocycles. The van der Waals surface area contributed by atoms with Gasteiger partial charge in [-0.1, -0.05) is 12.1 Å². The van der Waals surface area contributed by atoms with Crippen molar-refractivity contribution in [2.45, 2.75) is 18.1 Å². The number of rotatable bonds is 2. The molecule has 0 atom stereocenters. The molecule has 1 aliphatic heterocycles. The molecule has 104 valence electrons. The summed E-state index contributed by atoms with van der Waals surface area (Å²) in [6.45, 7) is 1.03. The summed E-state index contributed by atoms with van der Waals surface area (Å²) in [6.07, 6.45) is 2.34. The Labute approximate surface area is 127 Å². The fourth-order valence-corrected chi connectivity index (χ4v) is 3.98. The second-order valence-corrected chi connectivity index (χ2v) is 8.29. The maximum Gasteiger partial charge on any atom is 0.254 e. The molecule has 4 nitrogen and oxygen atoms in total. The molecule has 0 aliphatic carbocycles. The third-order valence-corrected chi connectivity index (χ3v) is 6.06. The summed E-state index contributed by atoms with van der Waals surface area (Å²) in [5.41, 5.74) is 0.695. The zero-order valence-electron chi connectivity index (χ0n) is 10.7. The normalized spacial score (nSPS) is 17.5. The quantitative estimate of drug-likeness (QED) is 0.722. The second-order valence-electron chi connectivity index (χ2n) is 4.80. The molecule has 1 amide bonds. The van der Waals surface area contributed by atoms with E-state index in [0.717, 1.165) is 3.57 Å². The third kappa shape index (κ3) is 3.47. The highest BCUT2D eigenvalue weighted by Gasteiger charge is 2.29. The smallest absolute Gasteiger partial charge is 0.254 e. The van der Waals surface area contributed by atoms with E-state index in [1.165, 1.54) is 6.26 Å². The summed E-state index contributed by atoms with van der Waals surface area (Å²) >= 11 is 2.15. The molecule has 0 N–H and O–H groups in total. The average Bonchev–Trinajstić information content (AvgIpc) is 2.38. The van der Waals surface area contributed by atoms with Gasteiger partial charge in [0.1, 0.15) is 9.84 Å². The van der Waals surface area contributed by atoms with Gasteiger partial charge < -0.3 is 4.90 Å². The van der Waals surface area contributed by atoms with E-state index < -0.39 is 9.84 Å². The molecule has 1 aromatic carbocycles. The number of hydrogen-bond donors (Lipinski definition) is 0. The highest BCUT2D eigenvalue weighted by atomic mass is 127. The van der Waals surface area contributed by atoms with Crippen molar-refractivity contribution in [2.75, 3.05) is 19.3 Å². The van der Waals surface area contributed by atoms with Gasteiger partial charge >= 0.3 is 0 Å². The first-order valence-electron chi connectivity index (χ1n) is 6.12. The summed E-state index contributed by atoms with van der Waals surface area (Å²) in [7, 11) is -2.99. The van der Waals surface area contributed by atoms with Crippen molar-refractivity contribution < 1.29 is 13.2 Å². The molecule has 1 heterocycles. The predicted molar refractivity (Wildman–Crippen MR) is 82.9 cm³/mol. The Kier molecular flexibility index (Phi) is 4.50. The second kappa shape index (κ2) is 5.78. The van der Waals surface area contributed by atoms with E-state index in [-0.39, 0.29) is 11.2 Å². The van der Waals surface area contributed by atoms with Gasteiger partial charge in [0.05, 0.1) is 10.8 Å². The van der Waals surface area contributed by atoms with Crippen LogP contribution in [0.25, 0.3) is 0 Å². The van der Waals surface area contributed by atoms with Gasteiger partial charge in [-0.25, -0.2) is 8.42 Å². The minimum absolute atomic E-state index is 0.00282. The van der Waals surface area contributed by atoms with Crippen LogP contribution in [0.1, 0.15) is 23.2 Å². The molecule has 0 aromatic heterocycles. The number of carbonyl (C=O) groups is 1. The summed E-state index contributed by atoms with van der Waals surface area (Å²) in [6, 6.07) is 7.46. The van der Waals surface area contributed by atoms with Gasteiger partial charge in [-0.2, -0.15) is 0 Å². The molecule has 1 aromatic rings. The number of sulfone groups is 1. The Morgan fingerprint density at radius 2 is 1.84 bits per heavy atom. The number of piperidine rings is 1. The van der Waals surface area contributed by atoms with Gasteiger partial charge in [-0.3, -0.25) is 4.79 Å². The predicted octanol–water partition coefficient (Wildman–Crippen LogP) is 1.94. The lowest BCUT2D eigenvalue weighted by atomic mass is 10.1. The molecule has 1 saturated heterocycles. The van der Waals surface area contributed by atoms with Gasteiger partial charge in [-0.05, 0) is 47.6 Å². The molecule has 2 rings (SSSR count). The van der Waals surface area contributed by atoms with Crippen LogP contribution < -0.4 is 0 Å². The van der Waals surface area contributed by atoms with Gasteiger partial charge in [-0.15, -0.1) is 0 Å². The summed E-state index contributed by atoms with van der Waals surface area (Å²) < 4.78 is 23.9. The number of carbonyl (C=O) groups excluding carboxylic acids is 1. The van der Waals surface area contributed by atoms with Crippen LogP contribution in [0.15, 0.2) is 24.3 Å². The molecule has 0 unspecified atom stereocenters. The molecule has 19 heavy (non-hydrogen) atoms. The Bertz CT molecular complexity index is 577. The topological polar surface area (TPSA) is 54.5 Å². The fraction of sp³-hybridized carbons (Fsp3) is 0.462. The van der Waals surface area contributed by atoms with Crippen LogP contribution in [0.3, 0.4) is 0 Å². The number of amides is 1. The Balaban J connectivity index is 2.07. The van der Waals surface area contributed by atoms with E-state index >= 15 is 0 Å². The van der Waals surface area contributed by atoms with Crippen molar-refractivity contribution in [3.8, 4) is 0 Å². The third-order valence-electron chi connectivity index (χ3n) is 3.44. The van der Waals surface area contributed by atoms with Crippen LogP contribution in [0.2, 0.25) is 0 Å². The molecule has 0 bridgehead atoms. The van der Waals surface area contributed by atoms with E-state index in [9.17, 15) is 13.2 Å². The summed E-state index contributed by atoms with van der Waals surface area (Å²) in [5, 5.41) is -0.300. The van der Waals surface area contributed by atoms with Crippen LogP contribution in [0.5, 0.6) is 0 Å². The lowest BCUT2D eigenvalue weighted by Gasteiger charge is -2.31. The van der Waals surface area contributed by atoms with Crippen molar-refractivity contribution in [3.05, 3.63) is 33.4 Å². The lowest BCUT2D eigenvalue weighted by Crippen LogP contribution is -2.42. The van der Waals surface area contributed by atoms with Gasteiger partial charge in [0, 0.05) is 22.9 Å². The van der Waals surface area contributed by atoms with Crippen LogP contribution in [0, 0.1) is 3.57 Å². The summed E-state index contributed by atoms with van der Waals surface area (Å²) in [4.78, 5) is 14.1. The molecule has 1 aliphatic rings. The highest BCUT2D eigenvalue weighted by molar-refractivity contribution is 14.1. The van der Waals surface area contributed by atoms with Crippen LogP contribution in [-0.2, 0) is 9.84 Å².